The second-order valence-electron chi connectivity index (χ2n) is 3.93. The standard InChI is InChI=1S/C14H18N2O4/c1-18-11-9-13(20-3)12(19-2)8-10(11)14(17)16-7-5-4-6-15/h8-9H,4-5,7H2,1-3H3,(H,16,17). The van der Waals surface area contributed by atoms with Gasteiger partial charge in [0, 0.05) is 25.1 Å². The van der Waals surface area contributed by atoms with E-state index in [1.54, 1.807) is 12.1 Å². The van der Waals surface area contributed by atoms with Crippen LogP contribution in [-0.4, -0.2) is 33.8 Å². The first-order valence-electron chi connectivity index (χ1n) is 6.13. The summed E-state index contributed by atoms with van der Waals surface area (Å²) >= 11 is 0. The van der Waals surface area contributed by atoms with Crippen LogP contribution in [0.15, 0.2) is 12.1 Å². The molecule has 0 saturated heterocycles. The van der Waals surface area contributed by atoms with Gasteiger partial charge in [-0.2, -0.15) is 5.26 Å². The van der Waals surface area contributed by atoms with Gasteiger partial charge in [-0.1, -0.05) is 0 Å². The molecule has 0 atom stereocenters. The van der Waals surface area contributed by atoms with E-state index in [0.717, 1.165) is 0 Å². The van der Waals surface area contributed by atoms with Crippen molar-refractivity contribution in [3.63, 3.8) is 0 Å². The van der Waals surface area contributed by atoms with Gasteiger partial charge >= 0.3 is 0 Å². The number of nitrogens with one attached hydrogen (secondary N) is 1. The van der Waals surface area contributed by atoms with Crippen molar-refractivity contribution in [2.75, 3.05) is 27.9 Å². The molecule has 0 aliphatic rings. The third-order valence-corrected chi connectivity index (χ3v) is 2.70. The fraction of sp³-hybridized carbons (Fsp3) is 0.429. The van der Waals surface area contributed by atoms with Gasteiger partial charge in [0.2, 0.25) is 0 Å². The molecule has 108 valence electrons. The van der Waals surface area contributed by atoms with Crippen molar-refractivity contribution in [3.05, 3.63) is 17.7 Å². The number of amides is 1. The third kappa shape index (κ3) is 3.79. The molecule has 1 amide bonds. The van der Waals surface area contributed by atoms with Gasteiger partial charge in [0.1, 0.15) is 5.75 Å². The van der Waals surface area contributed by atoms with E-state index in [1.807, 2.05) is 6.07 Å². The molecule has 6 nitrogen and oxygen atoms in total. The number of carbonyl (C=O) groups is 1. The monoisotopic (exact) mass is 278 g/mol. The summed E-state index contributed by atoms with van der Waals surface area (Å²) in [6, 6.07) is 5.19. The van der Waals surface area contributed by atoms with Gasteiger partial charge in [-0.25, -0.2) is 0 Å². The Hall–Kier alpha value is -2.42. The largest absolute Gasteiger partial charge is 0.496 e. The lowest BCUT2D eigenvalue weighted by Gasteiger charge is -2.13. The van der Waals surface area contributed by atoms with Crippen LogP contribution in [-0.2, 0) is 0 Å². The Balaban J connectivity index is 2.92. The van der Waals surface area contributed by atoms with Gasteiger partial charge in [-0.3, -0.25) is 4.79 Å². The maximum Gasteiger partial charge on any atom is 0.255 e. The highest BCUT2D eigenvalue weighted by atomic mass is 16.5. The molecule has 1 aromatic rings. The molecule has 20 heavy (non-hydrogen) atoms. The molecular formula is C14H18N2O4. The first kappa shape index (κ1) is 15.6. The summed E-state index contributed by atoms with van der Waals surface area (Å²) in [4.78, 5) is 12.1. The zero-order valence-electron chi connectivity index (χ0n) is 11.9. The van der Waals surface area contributed by atoms with Crippen molar-refractivity contribution in [2.45, 2.75) is 12.8 Å². The van der Waals surface area contributed by atoms with Crippen molar-refractivity contribution in [3.8, 4) is 23.3 Å². The molecule has 0 bridgehead atoms. The van der Waals surface area contributed by atoms with Crippen molar-refractivity contribution in [2.24, 2.45) is 0 Å². The summed E-state index contributed by atoms with van der Waals surface area (Å²) in [5, 5.41) is 11.2. The third-order valence-electron chi connectivity index (χ3n) is 2.70. The van der Waals surface area contributed by atoms with Gasteiger partial charge < -0.3 is 19.5 Å². The number of hydrogen-bond donors (Lipinski definition) is 1. The van der Waals surface area contributed by atoms with Crippen molar-refractivity contribution in [1.29, 1.82) is 5.26 Å². The van der Waals surface area contributed by atoms with Crippen LogP contribution in [0.4, 0.5) is 0 Å². The minimum Gasteiger partial charge on any atom is -0.496 e. The predicted octanol–water partition coefficient (Wildman–Crippen LogP) is 1.75. The van der Waals surface area contributed by atoms with Crippen molar-refractivity contribution < 1.29 is 19.0 Å². The van der Waals surface area contributed by atoms with Crippen LogP contribution in [0.1, 0.15) is 23.2 Å². The molecule has 0 aliphatic heterocycles. The average Bonchev–Trinajstić information content (AvgIpc) is 2.49. The summed E-state index contributed by atoms with van der Waals surface area (Å²) in [5.74, 6) is 1.07. The summed E-state index contributed by atoms with van der Waals surface area (Å²) in [6.07, 6.45) is 1.02. The quantitative estimate of drug-likeness (QED) is 0.768. The Bertz CT molecular complexity index is 509. The number of hydrogen-bond acceptors (Lipinski definition) is 5. The Morgan fingerprint density at radius 1 is 1.15 bits per heavy atom. The van der Waals surface area contributed by atoms with Crippen molar-refractivity contribution in [1.82, 2.24) is 5.32 Å². The lowest BCUT2D eigenvalue weighted by molar-refractivity contribution is 0.0950. The number of unbranched alkanes of at least 4 members (excludes halogenated alkanes) is 1. The van der Waals surface area contributed by atoms with Crippen LogP contribution in [0.2, 0.25) is 0 Å². The first-order chi connectivity index (χ1) is 9.67. The Kier molecular flexibility index (Phi) is 6.17. The molecule has 0 radical (unpaired) electrons. The molecule has 0 unspecified atom stereocenters. The number of nitrogens with zero attached hydrogens (tertiary/aromatic N) is 1. The SMILES string of the molecule is COc1cc(OC)c(C(=O)NCCCC#N)cc1OC. The lowest BCUT2D eigenvalue weighted by atomic mass is 10.1. The summed E-state index contributed by atoms with van der Waals surface area (Å²) in [6.45, 7) is 0.434. The molecule has 0 spiro atoms. The van der Waals surface area contributed by atoms with E-state index >= 15 is 0 Å². The summed E-state index contributed by atoms with van der Waals surface area (Å²) in [5.41, 5.74) is 0.363. The van der Waals surface area contributed by atoms with Crippen molar-refractivity contribution >= 4 is 5.91 Å². The molecule has 0 aromatic heterocycles. The zero-order chi connectivity index (χ0) is 15.0. The maximum absolute atomic E-state index is 12.1. The van der Waals surface area contributed by atoms with Crippen LogP contribution < -0.4 is 19.5 Å². The van der Waals surface area contributed by atoms with E-state index in [9.17, 15) is 4.79 Å². The maximum atomic E-state index is 12.1. The van der Waals surface area contributed by atoms with Crippen LogP contribution in [0.25, 0.3) is 0 Å². The normalized spacial score (nSPS) is 9.50. The molecule has 0 aliphatic carbocycles. The molecule has 0 fully saturated rings. The number of ether oxygens (including phenoxy) is 3. The fourth-order valence-electron chi connectivity index (χ4n) is 1.67. The smallest absolute Gasteiger partial charge is 0.255 e. The Morgan fingerprint density at radius 3 is 2.30 bits per heavy atom. The van der Waals surface area contributed by atoms with Gasteiger partial charge in [0.05, 0.1) is 33.0 Å². The fourth-order valence-corrected chi connectivity index (χ4v) is 1.67. The van der Waals surface area contributed by atoms with Gasteiger partial charge in [0.15, 0.2) is 11.5 Å². The molecule has 1 N–H and O–H groups in total. The molecule has 1 rings (SSSR count). The van der Waals surface area contributed by atoms with E-state index in [-0.39, 0.29) is 5.91 Å². The number of methoxy groups -OCH3 is 3. The zero-order valence-corrected chi connectivity index (χ0v) is 11.9. The molecule has 6 heteroatoms. The van der Waals surface area contributed by atoms with E-state index < -0.39 is 0 Å². The number of benzene rings is 1. The highest BCUT2D eigenvalue weighted by Crippen LogP contribution is 2.34. The minimum absolute atomic E-state index is 0.277. The average molecular weight is 278 g/mol. The van der Waals surface area contributed by atoms with E-state index in [4.69, 9.17) is 19.5 Å². The van der Waals surface area contributed by atoms with Gasteiger partial charge in [-0.05, 0) is 6.42 Å². The highest BCUT2D eigenvalue weighted by Gasteiger charge is 2.17. The number of carbonyl (C=O) groups excluding carboxylic acids is 1. The number of rotatable bonds is 7. The molecule has 1 aromatic carbocycles. The van der Waals surface area contributed by atoms with E-state index in [2.05, 4.69) is 5.32 Å². The van der Waals surface area contributed by atoms with Gasteiger partial charge in [-0.15, -0.1) is 0 Å². The Morgan fingerprint density at radius 2 is 1.75 bits per heavy atom. The first-order valence-corrected chi connectivity index (χ1v) is 6.13. The van der Waals surface area contributed by atoms with Crippen LogP contribution in [0.5, 0.6) is 17.2 Å². The van der Waals surface area contributed by atoms with Gasteiger partial charge in [0.25, 0.3) is 5.91 Å². The lowest BCUT2D eigenvalue weighted by Crippen LogP contribution is -2.25. The molecular weight excluding hydrogens is 260 g/mol. The predicted molar refractivity (Wildman–Crippen MR) is 73.3 cm³/mol. The second kappa shape index (κ2) is 7.89. The van der Waals surface area contributed by atoms with E-state index in [0.29, 0.717) is 42.2 Å². The molecule has 0 saturated carbocycles. The molecule has 0 heterocycles. The second-order valence-corrected chi connectivity index (χ2v) is 3.93. The topological polar surface area (TPSA) is 80.6 Å². The van der Waals surface area contributed by atoms with Crippen LogP contribution in [0.3, 0.4) is 0 Å². The number of nitriles is 1. The van der Waals surface area contributed by atoms with Crippen LogP contribution in [0, 0.1) is 11.3 Å². The minimum atomic E-state index is -0.277. The Labute approximate surface area is 118 Å². The summed E-state index contributed by atoms with van der Waals surface area (Å²) < 4.78 is 15.5. The van der Waals surface area contributed by atoms with Crippen LogP contribution >= 0.6 is 0 Å². The highest BCUT2D eigenvalue weighted by molar-refractivity contribution is 5.97. The summed E-state index contributed by atoms with van der Waals surface area (Å²) in [7, 11) is 4.49. The van der Waals surface area contributed by atoms with E-state index in [1.165, 1.54) is 21.3 Å².